The van der Waals surface area contributed by atoms with Gasteiger partial charge in [-0.2, -0.15) is 18.6 Å². The number of aromatic amines is 2. The number of azo groups is 2. The molecule has 5 N–H and O–H groups in total. The predicted octanol–water partition coefficient (Wildman–Crippen LogP) is 3.76. The van der Waals surface area contributed by atoms with Crippen LogP contribution in [-0.2, 0) is 26.8 Å². The number of benzene rings is 4. The molecule has 4 aromatic carbocycles. The molecule has 266 valence electrons. The number of aryl methyl sites for hydroxylation is 2. The van der Waals surface area contributed by atoms with Gasteiger partial charge < -0.3 is 10.2 Å². The first-order valence-electron chi connectivity index (χ1n) is 14.7. The second-order valence-electron chi connectivity index (χ2n) is 10.7. The SMILES string of the molecule is Cc1[nH]n(-c2ccccc2)c(=O)c1N=Nc1cc(S([NH3+])(=O)=O)ccc1[O-].Cc1[nH]n(-c2ccccc2)c(=O)c1N=Nc1cc([N+](=O)[O-])ccc1[O-].[Co+3]. The molecule has 0 saturated carbocycles. The van der Waals surface area contributed by atoms with Crippen molar-refractivity contribution in [2.75, 3.05) is 0 Å². The Hall–Kier alpha value is -6.48. The van der Waals surface area contributed by atoms with Crippen molar-refractivity contribution in [2.45, 2.75) is 18.7 Å². The molecule has 6 aromatic rings. The van der Waals surface area contributed by atoms with E-state index in [1.165, 1.54) is 9.36 Å². The molecule has 0 aliphatic rings. The van der Waals surface area contributed by atoms with Crippen molar-refractivity contribution in [3.8, 4) is 22.9 Å². The number of para-hydroxylation sites is 2. The van der Waals surface area contributed by atoms with Crippen molar-refractivity contribution in [2.24, 2.45) is 20.5 Å². The molecule has 0 saturated heterocycles. The van der Waals surface area contributed by atoms with Crippen LogP contribution in [0.2, 0.25) is 0 Å². The number of nitrogens with one attached hydrogen (secondary N) is 2. The molecule has 2 aromatic heterocycles. The number of aromatic nitrogens is 4. The van der Waals surface area contributed by atoms with Crippen LogP contribution in [0.5, 0.6) is 11.5 Å². The van der Waals surface area contributed by atoms with E-state index >= 15 is 0 Å². The zero-order chi connectivity index (χ0) is 36.9. The molecule has 20 heteroatoms. The molecule has 0 unspecified atom stereocenters. The molecule has 0 radical (unpaired) electrons. The number of sulfonamides is 1. The minimum atomic E-state index is -3.74. The minimum absolute atomic E-state index is 0. The minimum Gasteiger partial charge on any atom is -0.871 e. The summed E-state index contributed by atoms with van der Waals surface area (Å²) in [6.07, 6.45) is 0. The Morgan fingerprint density at radius 1 is 0.673 bits per heavy atom. The van der Waals surface area contributed by atoms with Gasteiger partial charge in [-0.1, -0.05) is 60.0 Å². The van der Waals surface area contributed by atoms with Crippen LogP contribution < -0.4 is 26.5 Å². The zero-order valence-electron chi connectivity index (χ0n) is 27.1. The van der Waals surface area contributed by atoms with Gasteiger partial charge in [-0.15, -0.1) is 10.2 Å². The smallest absolute Gasteiger partial charge is 0.871 e. The summed E-state index contributed by atoms with van der Waals surface area (Å²) in [5.41, 5.74) is 0.643. The van der Waals surface area contributed by atoms with Crippen LogP contribution in [0.25, 0.3) is 11.4 Å². The summed E-state index contributed by atoms with van der Waals surface area (Å²) in [6, 6.07) is 24.2. The van der Waals surface area contributed by atoms with Crippen molar-refractivity contribution in [1.29, 1.82) is 0 Å². The van der Waals surface area contributed by atoms with E-state index < -0.39 is 37.6 Å². The Morgan fingerprint density at radius 3 is 1.52 bits per heavy atom. The van der Waals surface area contributed by atoms with Crippen LogP contribution in [0.1, 0.15) is 11.4 Å². The molecular formula is C32H27CoN10O8S+2. The topological polar surface area (TPSA) is 276 Å². The fraction of sp³-hybridized carbons (Fsp3) is 0.0625. The average Bonchev–Trinajstić information content (AvgIpc) is 3.56. The number of rotatable bonds is 8. The largest absolute Gasteiger partial charge is 3.00 e. The van der Waals surface area contributed by atoms with Crippen molar-refractivity contribution < 1.29 is 45.5 Å². The van der Waals surface area contributed by atoms with E-state index in [1.807, 2.05) is 12.1 Å². The van der Waals surface area contributed by atoms with E-state index in [4.69, 9.17) is 0 Å². The third-order valence-electron chi connectivity index (χ3n) is 7.07. The third-order valence-corrected chi connectivity index (χ3v) is 8.04. The molecule has 0 aliphatic heterocycles. The van der Waals surface area contributed by atoms with Crippen LogP contribution >= 0.6 is 0 Å². The standard InChI is InChI=1S/C16H15N5O4S.C16H13N5O4.Co/c1-10-15(16(23)21(20-10)11-5-3-2-4-6-11)19-18-13-9-12(26(17,24)25)7-8-14(13)22;1-10-15(16(23)20(19-10)11-5-3-2-4-6-11)18-17-13-9-12(21(24)25)7-8-14(13)22;/h2-9,20,22H,1H3,(H2,17,24,25);2-9,19,22H,1H3;/q;;+3/p-1. The van der Waals surface area contributed by atoms with E-state index in [9.17, 15) is 38.3 Å². The second kappa shape index (κ2) is 16.0. The van der Waals surface area contributed by atoms with Crippen molar-refractivity contribution >= 4 is 38.5 Å². The molecule has 18 nitrogen and oxygen atoms in total. The monoisotopic (exact) mass is 770 g/mol. The first-order chi connectivity index (χ1) is 24.2. The fourth-order valence-corrected chi connectivity index (χ4v) is 5.07. The number of hydrogen-bond donors (Lipinski definition) is 3. The van der Waals surface area contributed by atoms with Gasteiger partial charge in [0.2, 0.25) is 0 Å². The van der Waals surface area contributed by atoms with Crippen molar-refractivity contribution in [3.05, 3.63) is 139 Å². The summed E-state index contributed by atoms with van der Waals surface area (Å²) in [7, 11) is -3.74. The van der Waals surface area contributed by atoms with E-state index in [2.05, 4.69) is 35.8 Å². The quantitative estimate of drug-likeness (QED) is 0.116. The van der Waals surface area contributed by atoms with E-state index in [0.717, 1.165) is 36.4 Å². The molecule has 0 spiro atoms. The summed E-state index contributed by atoms with van der Waals surface area (Å²) in [6.45, 7) is 3.28. The molecule has 0 fully saturated rings. The van der Waals surface area contributed by atoms with Gasteiger partial charge >= 0.3 is 26.8 Å². The van der Waals surface area contributed by atoms with Gasteiger partial charge in [0.15, 0.2) is 11.4 Å². The maximum Gasteiger partial charge on any atom is 3.00 e. The summed E-state index contributed by atoms with van der Waals surface area (Å²) in [5.74, 6) is -1.04. The molecular weight excluding hydrogens is 743 g/mol. The van der Waals surface area contributed by atoms with Crippen molar-refractivity contribution in [3.63, 3.8) is 0 Å². The first kappa shape index (κ1) is 38.3. The molecule has 0 bridgehead atoms. The number of nitro groups is 1. The maximum atomic E-state index is 12.5. The molecule has 52 heavy (non-hydrogen) atoms. The van der Waals surface area contributed by atoms with Crippen LogP contribution in [-0.4, -0.2) is 32.9 Å². The Balaban J connectivity index is 0.000000228. The predicted molar refractivity (Wildman–Crippen MR) is 179 cm³/mol. The van der Waals surface area contributed by atoms with Gasteiger partial charge in [-0.3, -0.25) is 29.9 Å². The third kappa shape index (κ3) is 8.62. The van der Waals surface area contributed by atoms with Crippen LogP contribution in [0.3, 0.4) is 0 Å². The van der Waals surface area contributed by atoms with Crippen LogP contribution in [0.15, 0.2) is 132 Å². The van der Waals surface area contributed by atoms with E-state index in [1.54, 1.807) is 62.4 Å². The number of nitro benzene ring substituents is 1. The van der Waals surface area contributed by atoms with Gasteiger partial charge in [0.25, 0.3) is 16.8 Å². The number of H-pyrrole nitrogens is 2. The summed E-state index contributed by atoms with van der Waals surface area (Å²) in [4.78, 5) is 35.0. The summed E-state index contributed by atoms with van der Waals surface area (Å²) in [5, 5.41) is 58.3. The van der Waals surface area contributed by atoms with Gasteiger partial charge in [0.1, 0.15) is 4.90 Å². The molecule has 6 rings (SSSR count). The number of quaternary nitrogens is 1. The van der Waals surface area contributed by atoms with Crippen LogP contribution in [0.4, 0.5) is 28.4 Å². The van der Waals surface area contributed by atoms with Crippen LogP contribution in [0, 0.1) is 24.0 Å². The van der Waals surface area contributed by atoms with Gasteiger partial charge in [-0.25, -0.2) is 14.5 Å². The van der Waals surface area contributed by atoms with E-state index in [-0.39, 0.29) is 50.1 Å². The average molecular weight is 771 g/mol. The van der Waals surface area contributed by atoms with Gasteiger partial charge in [-0.05, 0) is 50.2 Å². The number of hydrogen-bond acceptors (Lipinski definition) is 12. The number of non-ortho nitro benzene ring substituents is 1. The molecule has 0 amide bonds. The van der Waals surface area contributed by atoms with Crippen molar-refractivity contribution in [1.82, 2.24) is 19.6 Å². The summed E-state index contributed by atoms with van der Waals surface area (Å²) < 4.78 is 25.6. The fourth-order valence-electron chi connectivity index (χ4n) is 4.50. The Labute approximate surface area is 304 Å². The molecule has 2 heterocycles. The first-order valence-corrected chi connectivity index (χ1v) is 16.3. The summed E-state index contributed by atoms with van der Waals surface area (Å²) >= 11 is 0. The Kier molecular flexibility index (Phi) is 11.8. The zero-order valence-corrected chi connectivity index (χ0v) is 28.9. The maximum absolute atomic E-state index is 12.5. The molecule has 0 atom stereocenters. The Morgan fingerprint density at radius 2 is 1.10 bits per heavy atom. The van der Waals surface area contributed by atoms with Gasteiger partial charge in [0.05, 0.1) is 39.1 Å². The normalized spacial score (nSPS) is 11.3. The Bertz CT molecular complexity index is 2530. The second-order valence-corrected chi connectivity index (χ2v) is 12.4. The number of nitrogens with zero attached hydrogens (tertiary/aromatic N) is 7. The van der Waals surface area contributed by atoms with Gasteiger partial charge in [0, 0.05) is 12.1 Å². The van der Waals surface area contributed by atoms with E-state index in [0.29, 0.717) is 22.8 Å². The molecule has 0 aliphatic carbocycles.